The molecule has 2 unspecified atom stereocenters. The number of halogens is 1. The monoisotopic (exact) mass is 210 g/mol. The largest absolute Gasteiger partial charge is 0.384 e. The summed E-state index contributed by atoms with van der Waals surface area (Å²) in [7, 11) is 1.99. The zero-order chi connectivity index (χ0) is 10.1. The van der Waals surface area contributed by atoms with E-state index < -0.39 is 0 Å². The summed E-state index contributed by atoms with van der Waals surface area (Å²) in [5.74, 6) is 0.522. The van der Waals surface area contributed by atoms with E-state index in [0.717, 1.165) is 11.6 Å². The molecule has 3 heteroatoms. The Morgan fingerprint density at radius 3 is 3.07 bits per heavy atom. The lowest BCUT2D eigenvalue weighted by Crippen LogP contribution is -2.29. The minimum atomic E-state index is 0.474. The Hall–Kier alpha value is -0.730. The molecule has 1 aromatic rings. The first-order chi connectivity index (χ1) is 6.72. The highest BCUT2D eigenvalue weighted by atomic mass is 35.5. The average Bonchev–Trinajstić information content (AvgIpc) is 2.59. The molecule has 0 aliphatic carbocycles. The fourth-order valence-corrected chi connectivity index (χ4v) is 2.16. The molecule has 1 aliphatic heterocycles. The predicted molar refractivity (Wildman–Crippen MR) is 61.2 cm³/mol. The smallest absolute Gasteiger partial charge is 0.0410 e. The van der Waals surface area contributed by atoms with Gasteiger partial charge >= 0.3 is 0 Å². The van der Waals surface area contributed by atoms with E-state index in [-0.39, 0.29) is 0 Å². The van der Waals surface area contributed by atoms with E-state index in [1.807, 2.05) is 13.1 Å². The Bertz CT molecular complexity index is 338. The molecule has 0 saturated heterocycles. The summed E-state index contributed by atoms with van der Waals surface area (Å²) in [6.45, 7) is 3.19. The van der Waals surface area contributed by atoms with E-state index in [4.69, 9.17) is 11.6 Å². The molecular formula is C11H15ClN2. The SMILES string of the molecule is CNC(C)C1CNc2ccc(Cl)cc21. The number of hydrogen-bond acceptors (Lipinski definition) is 2. The fraction of sp³-hybridized carbons (Fsp3) is 0.455. The minimum Gasteiger partial charge on any atom is -0.384 e. The van der Waals surface area contributed by atoms with Gasteiger partial charge in [-0.3, -0.25) is 0 Å². The van der Waals surface area contributed by atoms with Crippen LogP contribution in [0, 0.1) is 0 Å². The second-order valence-corrected chi connectivity index (χ2v) is 4.23. The van der Waals surface area contributed by atoms with E-state index in [0.29, 0.717) is 12.0 Å². The molecule has 1 heterocycles. The zero-order valence-electron chi connectivity index (χ0n) is 8.47. The molecule has 76 valence electrons. The molecule has 0 bridgehead atoms. The van der Waals surface area contributed by atoms with Crippen LogP contribution in [0.2, 0.25) is 5.02 Å². The van der Waals surface area contributed by atoms with Crippen LogP contribution in [0.15, 0.2) is 18.2 Å². The highest BCUT2D eigenvalue weighted by Gasteiger charge is 2.26. The number of fused-ring (bicyclic) bond motifs is 1. The van der Waals surface area contributed by atoms with Crippen molar-refractivity contribution in [3.8, 4) is 0 Å². The van der Waals surface area contributed by atoms with Crippen LogP contribution in [0.1, 0.15) is 18.4 Å². The Morgan fingerprint density at radius 2 is 2.36 bits per heavy atom. The van der Waals surface area contributed by atoms with Gasteiger partial charge in [-0.05, 0) is 37.7 Å². The maximum atomic E-state index is 5.99. The van der Waals surface area contributed by atoms with Crippen molar-refractivity contribution in [2.24, 2.45) is 0 Å². The van der Waals surface area contributed by atoms with E-state index in [1.165, 1.54) is 11.3 Å². The van der Waals surface area contributed by atoms with Gasteiger partial charge < -0.3 is 10.6 Å². The van der Waals surface area contributed by atoms with Crippen LogP contribution < -0.4 is 10.6 Å². The highest BCUT2D eigenvalue weighted by Crippen LogP contribution is 2.35. The molecule has 0 spiro atoms. The van der Waals surface area contributed by atoms with Crippen molar-refractivity contribution in [2.45, 2.75) is 18.9 Å². The van der Waals surface area contributed by atoms with Crippen LogP contribution in [0.3, 0.4) is 0 Å². The predicted octanol–water partition coefficient (Wildman–Crippen LogP) is 2.46. The summed E-state index contributed by atoms with van der Waals surface area (Å²) >= 11 is 5.99. The Labute approximate surface area is 89.7 Å². The number of hydrogen-bond donors (Lipinski definition) is 2. The molecule has 1 aliphatic rings. The van der Waals surface area contributed by atoms with Gasteiger partial charge in [0.05, 0.1) is 0 Å². The number of nitrogens with one attached hydrogen (secondary N) is 2. The first-order valence-corrected chi connectivity index (χ1v) is 5.30. The van der Waals surface area contributed by atoms with Crippen LogP contribution in [0.25, 0.3) is 0 Å². The molecular weight excluding hydrogens is 196 g/mol. The van der Waals surface area contributed by atoms with Gasteiger partial charge in [-0.15, -0.1) is 0 Å². The van der Waals surface area contributed by atoms with Crippen LogP contribution >= 0.6 is 11.6 Å². The number of likely N-dealkylation sites (N-methyl/N-ethyl adjacent to an activating group) is 1. The molecule has 2 atom stereocenters. The molecule has 0 saturated carbocycles. The van der Waals surface area contributed by atoms with E-state index in [1.54, 1.807) is 0 Å². The van der Waals surface area contributed by atoms with Gasteiger partial charge in [-0.25, -0.2) is 0 Å². The molecule has 0 fully saturated rings. The molecule has 14 heavy (non-hydrogen) atoms. The number of rotatable bonds is 2. The van der Waals surface area contributed by atoms with E-state index in [9.17, 15) is 0 Å². The van der Waals surface area contributed by atoms with Crippen molar-refractivity contribution in [3.05, 3.63) is 28.8 Å². The van der Waals surface area contributed by atoms with Crippen molar-refractivity contribution in [2.75, 3.05) is 18.9 Å². The standard InChI is InChI=1S/C11H15ClN2/c1-7(13-2)10-6-14-11-4-3-8(12)5-9(10)11/h3-5,7,10,13-14H,6H2,1-2H3. The lowest BCUT2D eigenvalue weighted by Gasteiger charge is -2.18. The summed E-state index contributed by atoms with van der Waals surface area (Å²) in [6, 6.07) is 6.53. The van der Waals surface area contributed by atoms with E-state index >= 15 is 0 Å². The minimum absolute atomic E-state index is 0.474. The lowest BCUT2D eigenvalue weighted by atomic mass is 9.95. The van der Waals surface area contributed by atoms with Crippen molar-refractivity contribution in [1.82, 2.24) is 5.32 Å². The average molecular weight is 211 g/mol. The van der Waals surface area contributed by atoms with Gasteiger partial charge in [0.25, 0.3) is 0 Å². The fourth-order valence-electron chi connectivity index (χ4n) is 1.98. The first-order valence-electron chi connectivity index (χ1n) is 4.93. The molecule has 2 N–H and O–H groups in total. The molecule has 2 nitrogen and oxygen atoms in total. The van der Waals surface area contributed by atoms with Crippen LogP contribution in [-0.4, -0.2) is 19.6 Å². The quantitative estimate of drug-likeness (QED) is 0.784. The van der Waals surface area contributed by atoms with Gasteiger partial charge in [-0.2, -0.15) is 0 Å². The van der Waals surface area contributed by atoms with Crippen molar-refractivity contribution < 1.29 is 0 Å². The molecule has 2 rings (SSSR count). The summed E-state index contributed by atoms with van der Waals surface area (Å²) < 4.78 is 0. The van der Waals surface area contributed by atoms with Gasteiger partial charge in [-0.1, -0.05) is 11.6 Å². The number of benzene rings is 1. The maximum Gasteiger partial charge on any atom is 0.0410 e. The third-order valence-corrected chi connectivity index (χ3v) is 3.22. The molecule has 0 radical (unpaired) electrons. The van der Waals surface area contributed by atoms with Crippen LogP contribution in [-0.2, 0) is 0 Å². The van der Waals surface area contributed by atoms with Gasteiger partial charge in [0.2, 0.25) is 0 Å². The highest BCUT2D eigenvalue weighted by molar-refractivity contribution is 6.30. The normalized spacial score (nSPS) is 21.5. The van der Waals surface area contributed by atoms with Crippen LogP contribution in [0.4, 0.5) is 5.69 Å². The van der Waals surface area contributed by atoms with Gasteiger partial charge in [0.1, 0.15) is 0 Å². The Kier molecular flexibility index (Phi) is 2.66. The summed E-state index contributed by atoms with van der Waals surface area (Å²) in [6.07, 6.45) is 0. The van der Waals surface area contributed by atoms with E-state index in [2.05, 4.69) is 29.7 Å². The Morgan fingerprint density at radius 1 is 1.57 bits per heavy atom. The maximum absolute atomic E-state index is 5.99. The topological polar surface area (TPSA) is 24.1 Å². The zero-order valence-corrected chi connectivity index (χ0v) is 9.23. The molecule has 0 aromatic heterocycles. The third-order valence-electron chi connectivity index (χ3n) is 2.98. The van der Waals surface area contributed by atoms with Crippen molar-refractivity contribution in [1.29, 1.82) is 0 Å². The summed E-state index contributed by atoms with van der Waals surface area (Å²) in [5.41, 5.74) is 2.56. The van der Waals surface area contributed by atoms with Gasteiger partial charge in [0.15, 0.2) is 0 Å². The van der Waals surface area contributed by atoms with Crippen molar-refractivity contribution in [3.63, 3.8) is 0 Å². The lowest BCUT2D eigenvalue weighted by molar-refractivity contribution is 0.523. The molecule has 1 aromatic carbocycles. The summed E-state index contributed by atoms with van der Waals surface area (Å²) in [5, 5.41) is 7.50. The van der Waals surface area contributed by atoms with Crippen LogP contribution in [0.5, 0.6) is 0 Å². The molecule has 0 amide bonds. The Balaban J connectivity index is 2.33. The third kappa shape index (κ3) is 1.60. The first kappa shape index (κ1) is 9.81. The van der Waals surface area contributed by atoms with Crippen molar-refractivity contribution >= 4 is 17.3 Å². The second-order valence-electron chi connectivity index (χ2n) is 3.80. The second kappa shape index (κ2) is 3.79. The number of anilines is 1. The summed E-state index contributed by atoms with van der Waals surface area (Å²) in [4.78, 5) is 0. The van der Waals surface area contributed by atoms with Gasteiger partial charge in [0, 0.05) is 29.2 Å².